The van der Waals surface area contributed by atoms with Crippen molar-refractivity contribution in [2.45, 2.75) is 12.3 Å². The van der Waals surface area contributed by atoms with Crippen molar-refractivity contribution in [2.24, 2.45) is 0 Å². The van der Waals surface area contributed by atoms with E-state index in [1.165, 1.54) is 0 Å². The quantitative estimate of drug-likeness (QED) is 0.781. The van der Waals surface area contributed by atoms with Crippen LogP contribution in [-0.2, 0) is 4.74 Å². The highest BCUT2D eigenvalue weighted by molar-refractivity contribution is 6.18. The van der Waals surface area contributed by atoms with Gasteiger partial charge in [-0.05, 0) is 24.3 Å². The Morgan fingerprint density at radius 3 is 2.73 bits per heavy atom. The molecular weight excluding hydrogens is 214 g/mol. The molecule has 0 unspecified atom stereocenters. The van der Waals surface area contributed by atoms with Gasteiger partial charge in [-0.15, -0.1) is 11.6 Å². The standard InChI is InChI=1S/C11H14ClNO2/c1-14-9-4-2-8(3-5-9)11-13-7-10(6-12)15-11/h2-5,10-11,13H,6-7H2,1H3/p+1/t10-,11+/m0/s1. The molecule has 0 spiro atoms. The molecule has 0 aromatic heterocycles. The number of rotatable bonds is 3. The predicted octanol–water partition coefficient (Wildman–Crippen LogP) is 0.895. The Morgan fingerprint density at radius 2 is 2.20 bits per heavy atom. The zero-order chi connectivity index (χ0) is 10.7. The van der Waals surface area contributed by atoms with Crippen LogP contribution in [0.3, 0.4) is 0 Å². The number of alkyl halides is 1. The van der Waals surface area contributed by atoms with Crippen LogP contribution in [0, 0.1) is 0 Å². The summed E-state index contributed by atoms with van der Waals surface area (Å²) in [5.74, 6) is 1.43. The molecule has 1 heterocycles. The van der Waals surface area contributed by atoms with Crippen molar-refractivity contribution in [3.63, 3.8) is 0 Å². The van der Waals surface area contributed by atoms with E-state index in [1.807, 2.05) is 24.3 Å². The Balaban J connectivity index is 2.04. The summed E-state index contributed by atoms with van der Waals surface area (Å²) in [5, 5.41) is 2.16. The minimum atomic E-state index is 0.0830. The van der Waals surface area contributed by atoms with Crippen LogP contribution in [0.5, 0.6) is 5.75 Å². The molecular formula is C11H15ClNO2+. The van der Waals surface area contributed by atoms with Crippen molar-refractivity contribution in [1.82, 2.24) is 0 Å². The van der Waals surface area contributed by atoms with Crippen molar-refractivity contribution in [3.8, 4) is 5.75 Å². The first-order chi connectivity index (χ1) is 7.33. The second kappa shape index (κ2) is 4.84. The number of methoxy groups -OCH3 is 1. The average molecular weight is 229 g/mol. The first-order valence-electron chi connectivity index (χ1n) is 5.02. The summed E-state index contributed by atoms with van der Waals surface area (Å²) in [6.07, 6.45) is 0.249. The van der Waals surface area contributed by atoms with E-state index < -0.39 is 0 Å². The number of ether oxygens (including phenoxy) is 2. The number of hydrogen-bond acceptors (Lipinski definition) is 2. The smallest absolute Gasteiger partial charge is 0.217 e. The summed E-state index contributed by atoms with van der Waals surface area (Å²) in [6.45, 7) is 0.931. The van der Waals surface area contributed by atoms with Crippen LogP contribution in [-0.4, -0.2) is 25.6 Å². The van der Waals surface area contributed by atoms with Crippen LogP contribution in [0.25, 0.3) is 0 Å². The monoisotopic (exact) mass is 228 g/mol. The minimum Gasteiger partial charge on any atom is -0.497 e. The topological polar surface area (TPSA) is 35.1 Å². The Bertz CT molecular complexity index is 315. The third-order valence-electron chi connectivity index (χ3n) is 2.57. The lowest BCUT2D eigenvalue weighted by Crippen LogP contribution is -2.82. The van der Waals surface area contributed by atoms with E-state index >= 15 is 0 Å². The fourth-order valence-electron chi connectivity index (χ4n) is 1.70. The zero-order valence-electron chi connectivity index (χ0n) is 8.65. The van der Waals surface area contributed by atoms with Gasteiger partial charge in [-0.1, -0.05) is 0 Å². The molecule has 1 fully saturated rings. The van der Waals surface area contributed by atoms with Crippen LogP contribution in [0.2, 0.25) is 0 Å². The summed E-state index contributed by atoms with van der Waals surface area (Å²) in [4.78, 5) is 0. The van der Waals surface area contributed by atoms with Crippen molar-refractivity contribution in [1.29, 1.82) is 0 Å². The van der Waals surface area contributed by atoms with Crippen LogP contribution in [0.1, 0.15) is 11.8 Å². The molecule has 1 aromatic carbocycles. The normalized spacial score (nSPS) is 25.5. The molecule has 0 aliphatic carbocycles. The van der Waals surface area contributed by atoms with E-state index in [9.17, 15) is 0 Å². The Morgan fingerprint density at radius 1 is 1.47 bits per heavy atom. The van der Waals surface area contributed by atoms with E-state index in [0.717, 1.165) is 17.9 Å². The summed E-state index contributed by atoms with van der Waals surface area (Å²) < 4.78 is 10.8. The van der Waals surface area contributed by atoms with Gasteiger partial charge in [0.2, 0.25) is 6.23 Å². The molecule has 0 saturated carbocycles. The lowest BCUT2D eigenvalue weighted by molar-refractivity contribution is -0.697. The summed E-state index contributed by atoms with van der Waals surface area (Å²) in [5.41, 5.74) is 1.16. The third-order valence-corrected chi connectivity index (χ3v) is 2.91. The summed E-state index contributed by atoms with van der Waals surface area (Å²) >= 11 is 5.74. The highest BCUT2D eigenvalue weighted by atomic mass is 35.5. The maximum Gasteiger partial charge on any atom is 0.217 e. The Kier molecular flexibility index (Phi) is 3.46. The number of quaternary nitrogens is 1. The van der Waals surface area contributed by atoms with E-state index in [-0.39, 0.29) is 12.3 Å². The largest absolute Gasteiger partial charge is 0.497 e. The molecule has 1 saturated heterocycles. The van der Waals surface area contributed by atoms with Gasteiger partial charge < -0.3 is 14.8 Å². The Labute approximate surface area is 94.3 Å². The minimum absolute atomic E-state index is 0.0830. The molecule has 82 valence electrons. The van der Waals surface area contributed by atoms with Crippen LogP contribution >= 0.6 is 11.6 Å². The molecule has 0 bridgehead atoms. The van der Waals surface area contributed by atoms with Gasteiger partial charge in [0, 0.05) is 5.56 Å². The molecule has 2 atom stereocenters. The van der Waals surface area contributed by atoms with Crippen molar-refractivity contribution < 1.29 is 14.8 Å². The number of benzene rings is 1. The lowest BCUT2D eigenvalue weighted by Gasteiger charge is -2.08. The molecule has 2 rings (SSSR count). The SMILES string of the molecule is COc1ccc([C@@H]2[NH2+]C[C@H](CCl)O2)cc1. The van der Waals surface area contributed by atoms with Gasteiger partial charge in [-0.3, -0.25) is 0 Å². The van der Waals surface area contributed by atoms with Gasteiger partial charge >= 0.3 is 0 Å². The fraction of sp³-hybridized carbons (Fsp3) is 0.455. The summed E-state index contributed by atoms with van der Waals surface area (Å²) in [7, 11) is 1.66. The van der Waals surface area contributed by atoms with E-state index in [2.05, 4.69) is 5.32 Å². The van der Waals surface area contributed by atoms with Crippen molar-refractivity contribution >= 4 is 11.6 Å². The van der Waals surface area contributed by atoms with Crippen LogP contribution in [0.15, 0.2) is 24.3 Å². The molecule has 4 heteroatoms. The van der Waals surface area contributed by atoms with Gasteiger partial charge in [-0.25, -0.2) is 0 Å². The summed E-state index contributed by atoms with van der Waals surface area (Å²) in [6, 6.07) is 7.94. The second-order valence-electron chi connectivity index (χ2n) is 3.58. The predicted molar refractivity (Wildman–Crippen MR) is 58.1 cm³/mol. The molecule has 2 N–H and O–H groups in total. The molecule has 3 nitrogen and oxygen atoms in total. The Hall–Kier alpha value is -0.770. The molecule has 1 aliphatic rings. The lowest BCUT2D eigenvalue weighted by atomic mass is 10.2. The zero-order valence-corrected chi connectivity index (χ0v) is 9.41. The molecule has 1 aromatic rings. The third kappa shape index (κ3) is 2.43. The van der Waals surface area contributed by atoms with Crippen LogP contribution < -0.4 is 10.1 Å². The van der Waals surface area contributed by atoms with E-state index in [1.54, 1.807) is 7.11 Å². The first-order valence-corrected chi connectivity index (χ1v) is 5.55. The van der Waals surface area contributed by atoms with Crippen molar-refractivity contribution in [2.75, 3.05) is 19.5 Å². The molecule has 1 aliphatic heterocycles. The fourth-order valence-corrected chi connectivity index (χ4v) is 1.90. The second-order valence-corrected chi connectivity index (χ2v) is 3.89. The van der Waals surface area contributed by atoms with Gasteiger partial charge in [0.1, 0.15) is 18.4 Å². The number of halogens is 1. The van der Waals surface area contributed by atoms with E-state index in [0.29, 0.717) is 5.88 Å². The maximum atomic E-state index is 5.74. The molecule has 0 radical (unpaired) electrons. The van der Waals surface area contributed by atoms with Crippen molar-refractivity contribution in [3.05, 3.63) is 29.8 Å². The van der Waals surface area contributed by atoms with Gasteiger partial charge in [-0.2, -0.15) is 0 Å². The molecule has 0 amide bonds. The number of nitrogens with two attached hydrogens (primary N) is 1. The average Bonchev–Trinajstić information content (AvgIpc) is 2.78. The van der Waals surface area contributed by atoms with E-state index in [4.69, 9.17) is 21.1 Å². The first kappa shape index (κ1) is 10.7. The highest BCUT2D eigenvalue weighted by Gasteiger charge is 2.28. The molecule has 15 heavy (non-hydrogen) atoms. The maximum absolute atomic E-state index is 5.74. The highest BCUT2D eigenvalue weighted by Crippen LogP contribution is 2.19. The van der Waals surface area contributed by atoms with Gasteiger partial charge in [0.25, 0.3) is 0 Å². The van der Waals surface area contributed by atoms with Crippen LogP contribution in [0.4, 0.5) is 0 Å². The number of hydrogen-bond donors (Lipinski definition) is 1. The van der Waals surface area contributed by atoms with Gasteiger partial charge in [0.15, 0.2) is 0 Å². The van der Waals surface area contributed by atoms with Gasteiger partial charge in [0.05, 0.1) is 13.0 Å².